The normalized spacial score (nSPS) is 10.5. The molecule has 0 bridgehead atoms. The Morgan fingerprint density at radius 2 is 1.66 bits per heavy atom. The molecule has 12 heteroatoms. The summed E-state index contributed by atoms with van der Waals surface area (Å²) in [5.41, 5.74) is -0.925. The van der Waals surface area contributed by atoms with Crippen molar-refractivity contribution in [3.63, 3.8) is 0 Å². The number of rotatable bonds is 6. The van der Waals surface area contributed by atoms with Crippen molar-refractivity contribution in [2.45, 2.75) is 0 Å². The highest BCUT2D eigenvalue weighted by Gasteiger charge is 2.13. The number of nitrogens with one attached hydrogen (secondary N) is 5. The number of aromatic nitrogens is 2. The third kappa shape index (κ3) is 4.97. The summed E-state index contributed by atoms with van der Waals surface area (Å²) in [4.78, 5) is 60.0. The molecule has 0 aliphatic rings. The first-order valence-electron chi connectivity index (χ1n) is 8.19. The summed E-state index contributed by atoms with van der Waals surface area (Å²) in [6.07, 6.45) is 0. The third-order valence-corrected chi connectivity index (χ3v) is 5.37. The van der Waals surface area contributed by atoms with E-state index in [1.54, 1.807) is 12.1 Å². The van der Waals surface area contributed by atoms with Gasteiger partial charge in [0.05, 0.1) is 38.2 Å². The lowest BCUT2D eigenvalue weighted by atomic mass is 10.1. The van der Waals surface area contributed by atoms with Gasteiger partial charge >= 0.3 is 0 Å². The first kappa shape index (κ1) is 20.5. The van der Waals surface area contributed by atoms with Crippen molar-refractivity contribution in [3.8, 4) is 0 Å². The molecule has 150 valence electrons. The number of amides is 3. The maximum Gasteiger partial charge on any atom is 0.272 e. The third-order valence-electron chi connectivity index (χ3n) is 3.75. The zero-order chi connectivity index (χ0) is 21.0. The van der Waals surface area contributed by atoms with Crippen LogP contribution in [0.5, 0.6) is 0 Å². The molecule has 10 nitrogen and oxygen atoms in total. The number of anilines is 1. The number of hydrogen-bond donors (Lipinski definition) is 5. The number of H-pyrrole nitrogens is 2. The summed E-state index contributed by atoms with van der Waals surface area (Å²) in [6, 6.07) is 7.78. The molecule has 5 N–H and O–H groups in total. The van der Waals surface area contributed by atoms with Crippen LogP contribution in [-0.2, 0) is 9.59 Å². The Morgan fingerprint density at radius 1 is 0.931 bits per heavy atom. The van der Waals surface area contributed by atoms with Crippen molar-refractivity contribution in [1.82, 2.24) is 20.8 Å². The Balaban J connectivity index is 1.55. The number of thiophene rings is 1. The molecule has 0 atom stereocenters. The van der Waals surface area contributed by atoms with Crippen molar-refractivity contribution < 1.29 is 14.4 Å². The van der Waals surface area contributed by atoms with E-state index in [2.05, 4.69) is 42.1 Å². The first-order chi connectivity index (χ1) is 13.8. The largest absolute Gasteiger partial charge is 0.345 e. The molecule has 0 saturated carbocycles. The number of carbonyl (C=O) groups excluding carboxylic acids is 3. The van der Waals surface area contributed by atoms with Crippen molar-refractivity contribution >= 4 is 61.4 Å². The van der Waals surface area contributed by atoms with Gasteiger partial charge in [0.15, 0.2) is 0 Å². The number of halogens is 1. The zero-order valence-electron chi connectivity index (χ0n) is 14.6. The van der Waals surface area contributed by atoms with E-state index in [1.807, 2.05) is 0 Å². The second-order valence-electron chi connectivity index (χ2n) is 5.75. The lowest BCUT2D eigenvalue weighted by molar-refractivity contribution is -0.123. The van der Waals surface area contributed by atoms with E-state index < -0.39 is 28.8 Å². The average Bonchev–Trinajstić information content (AvgIpc) is 3.14. The number of aromatic amines is 2. The monoisotopic (exact) mass is 479 g/mol. The molecule has 0 fully saturated rings. The van der Waals surface area contributed by atoms with Gasteiger partial charge < -0.3 is 16.0 Å². The molecule has 2 aromatic heterocycles. The van der Waals surface area contributed by atoms with Crippen LogP contribution in [0.15, 0.2) is 43.7 Å². The SMILES string of the molecule is O=C(CNC(=O)c1ccc(Br)s1)NCC(=O)Nc1cccc2c(=O)[nH][nH]c(=O)c12. The minimum absolute atomic E-state index is 0.0327. The molecule has 0 radical (unpaired) electrons. The van der Waals surface area contributed by atoms with Crippen LogP contribution in [0.3, 0.4) is 0 Å². The highest BCUT2D eigenvalue weighted by atomic mass is 79.9. The van der Waals surface area contributed by atoms with Gasteiger partial charge in [0.2, 0.25) is 11.8 Å². The molecular weight excluding hydrogens is 466 g/mol. The lowest BCUT2D eigenvalue weighted by Gasteiger charge is -2.09. The molecule has 29 heavy (non-hydrogen) atoms. The average molecular weight is 480 g/mol. The van der Waals surface area contributed by atoms with E-state index >= 15 is 0 Å². The van der Waals surface area contributed by atoms with Gasteiger partial charge in [-0.05, 0) is 40.2 Å². The van der Waals surface area contributed by atoms with Crippen molar-refractivity contribution in [2.75, 3.05) is 18.4 Å². The highest BCUT2D eigenvalue weighted by molar-refractivity contribution is 9.11. The summed E-state index contributed by atoms with van der Waals surface area (Å²) in [7, 11) is 0. The van der Waals surface area contributed by atoms with Crippen LogP contribution in [0.2, 0.25) is 0 Å². The van der Waals surface area contributed by atoms with Crippen LogP contribution in [-0.4, -0.2) is 41.0 Å². The van der Waals surface area contributed by atoms with Crippen molar-refractivity contribution in [1.29, 1.82) is 0 Å². The van der Waals surface area contributed by atoms with Crippen LogP contribution >= 0.6 is 27.3 Å². The summed E-state index contributed by atoms with van der Waals surface area (Å²) in [5.74, 6) is -1.56. The van der Waals surface area contributed by atoms with Crippen molar-refractivity contribution in [2.24, 2.45) is 0 Å². The summed E-state index contributed by atoms with van der Waals surface area (Å²) in [6.45, 7) is -0.679. The van der Waals surface area contributed by atoms with Gasteiger partial charge in [-0.3, -0.25) is 34.2 Å². The zero-order valence-corrected chi connectivity index (χ0v) is 17.0. The highest BCUT2D eigenvalue weighted by Crippen LogP contribution is 2.21. The fourth-order valence-corrected chi connectivity index (χ4v) is 3.76. The fourth-order valence-electron chi connectivity index (χ4n) is 2.45. The van der Waals surface area contributed by atoms with E-state index in [9.17, 15) is 24.0 Å². The van der Waals surface area contributed by atoms with E-state index in [4.69, 9.17) is 0 Å². The molecule has 0 unspecified atom stereocenters. The Kier molecular flexibility index (Phi) is 6.24. The van der Waals surface area contributed by atoms with Crippen LogP contribution in [0.25, 0.3) is 10.8 Å². The molecule has 0 saturated heterocycles. The van der Waals surface area contributed by atoms with Gasteiger partial charge in [0.25, 0.3) is 17.0 Å². The fraction of sp³-hybridized carbons (Fsp3) is 0.118. The quantitative estimate of drug-likeness (QED) is 0.348. The smallest absolute Gasteiger partial charge is 0.272 e. The van der Waals surface area contributed by atoms with Gasteiger partial charge in [-0.2, -0.15) is 0 Å². The number of benzene rings is 1. The van der Waals surface area contributed by atoms with Crippen LogP contribution in [0, 0.1) is 0 Å². The predicted octanol–water partition coefficient (Wildman–Crippen LogP) is 0.525. The lowest BCUT2D eigenvalue weighted by Crippen LogP contribution is -2.40. The van der Waals surface area contributed by atoms with Gasteiger partial charge in [-0.15, -0.1) is 11.3 Å². The standard InChI is InChI=1S/C17H14BrN5O5S/c18-11-5-4-10(29-11)16(27)20-6-12(24)19-7-13(25)21-9-3-1-2-8-14(9)17(28)23-22-15(8)26/h1-5H,6-7H2,(H,19,24)(H,20,27)(H,21,25)(H,22,26)(H,23,28). The molecule has 0 spiro atoms. The van der Waals surface area contributed by atoms with E-state index in [0.717, 1.165) is 3.79 Å². The Hall–Kier alpha value is -3.25. The topological polar surface area (TPSA) is 153 Å². The summed E-state index contributed by atoms with van der Waals surface area (Å²) < 4.78 is 0.790. The molecule has 3 rings (SSSR count). The van der Waals surface area contributed by atoms with Crippen LogP contribution in [0.4, 0.5) is 5.69 Å². The second kappa shape index (κ2) is 8.84. The summed E-state index contributed by atoms with van der Waals surface area (Å²) in [5, 5.41) is 11.8. The molecular formula is C17H14BrN5O5S. The molecule has 0 aliphatic carbocycles. The number of hydrogen-bond acceptors (Lipinski definition) is 6. The summed E-state index contributed by atoms with van der Waals surface area (Å²) >= 11 is 4.47. The van der Waals surface area contributed by atoms with Crippen LogP contribution in [0.1, 0.15) is 9.67 Å². The van der Waals surface area contributed by atoms with E-state index in [1.165, 1.54) is 29.5 Å². The molecule has 2 heterocycles. The maximum atomic E-state index is 12.1. The van der Waals surface area contributed by atoms with Gasteiger partial charge in [-0.1, -0.05) is 6.07 Å². The molecule has 0 aliphatic heterocycles. The Labute approximate surface area is 174 Å². The maximum absolute atomic E-state index is 12.1. The Bertz CT molecular complexity index is 1210. The Morgan fingerprint density at radius 3 is 2.38 bits per heavy atom. The van der Waals surface area contributed by atoms with Crippen LogP contribution < -0.4 is 27.1 Å². The molecule has 1 aromatic carbocycles. The molecule has 3 aromatic rings. The minimum atomic E-state index is -0.598. The number of fused-ring (bicyclic) bond motifs is 1. The van der Waals surface area contributed by atoms with Gasteiger partial charge in [0.1, 0.15) is 0 Å². The van der Waals surface area contributed by atoms with Gasteiger partial charge in [0, 0.05) is 0 Å². The number of carbonyl (C=O) groups is 3. The second-order valence-corrected chi connectivity index (χ2v) is 8.21. The van der Waals surface area contributed by atoms with Crippen molar-refractivity contribution in [3.05, 3.63) is 59.7 Å². The van der Waals surface area contributed by atoms with E-state index in [-0.39, 0.29) is 29.5 Å². The van der Waals surface area contributed by atoms with Gasteiger partial charge in [-0.25, -0.2) is 0 Å². The minimum Gasteiger partial charge on any atom is -0.345 e. The first-order valence-corrected chi connectivity index (χ1v) is 9.80. The molecule has 3 amide bonds. The predicted molar refractivity (Wildman–Crippen MR) is 111 cm³/mol. The van der Waals surface area contributed by atoms with E-state index in [0.29, 0.717) is 4.88 Å².